The maximum absolute atomic E-state index is 15.4. The number of nitrogens with zero attached hydrogens (tertiary/aromatic N) is 1. The lowest BCUT2D eigenvalue weighted by Crippen LogP contribution is -2.81. The SMILES string of the molecule is C[S+](C)Cc1ccccc1C#N.Fc1c(F)c(F)c([B-](c2c(F)c(F)c(F)c(F)c2F)(c2c(F)c(F)c(F)c(F)c2F)c2c(F)c(F)c(F)c(F)c2F)c(F)c1F. The second-order valence-corrected chi connectivity index (χ2v) is 14.0. The molecule has 0 aliphatic carbocycles. The molecule has 0 spiro atoms. The first-order chi connectivity index (χ1) is 26.4. The van der Waals surface area contributed by atoms with E-state index in [9.17, 15) is 52.7 Å². The molecule has 0 radical (unpaired) electrons. The molecule has 0 amide bonds. The Labute approximate surface area is 308 Å². The largest absolute Gasteiger partial charge is 0.207 e. The summed E-state index contributed by atoms with van der Waals surface area (Å²) in [6.07, 6.45) is -2.84. The van der Waals surface area contributed by atoms with Crippen LogP contribution in [0.15, 0.2) is 24.3 Å². The van der Waals surface area contributed by atoms with Crippen molar-refractivity contribution >= 4 is 38.9 Å². The molecule has 0 heterocycles. The van der Waals surface area contributed by atoms with Crippen molar-refractivity contribution in [2.24, 2.45) is 0 Å². The summed E-state index contributed by atoms with van der Waals surface area (Å²) in [5.41, 5.74) is -12.3. The molecule has 5 rings (SSSR count). The summed E-state index contributed by atoms with van der Waals surface area (Å²) in [6.45, 7) is 0. The van der Waals surface area contributed by atoms with Crippen molar-refractivity contribution in [2.45, 2.75) is 5.75 Å². The highest BCUT2D eigenvalue weighted by atomic mass is 32.2. The fourth-order valence-corrected chi connectivity index (χ4v) is 6.81. The molecule has 0 fully saturated rings. The van der Waals surface area contributed by atoms with Crippen LogP contribution in [0.3, 0.4) is 0 Å². The molecule has 0 aliphatic heterocycles. The van der Waals surface area contributed by atoms with Crippen LogP contribution in [0.1, 0.15) is 11.1 Å². The number of halogens is 20. The van der Waals surface area contributed by atoms with Gasteiger partial charge in [0.2, 0.25) is 0 Å². The van der Waals surface area contributed by atoms with Gasteiger partial charge in [0.15, 0.2) is 69.8 Å². The van der Waals surface area contributed by atoms with E-state index in [0.29, 0.717) is 10.9 Å². The zero-order valence-electron chi connectivity index (χ0n) is 27.5. The predicted molar refractivity (Wildman–Crippen MR) is 163 cm³/mol. The van der Waals surface area contributed by atoms with E-state index in [1.807, 2.05) is 24.3 Å². The smallest absolute Gasteiger partial charge is 0.200 e. The lowest BCUT2D eigenvalue weighted by atomic mass is 9.12. The zero-order chi connectivity index (χ0) is 43.3. The van der Waals surface area contributed by atoms with Gasteiger partial charge in [0, 0.05) is 5.56 Å². The van der Waals surface area contributed by atoms with E-state index < -0.39 is 144 Å². The maximum Gasteiger partial charge on any atom is 0.200 e. The minimum Gasteiger partial charge on any atom is -0.207 e. The van der Waals surface area contributed by atoms with Crippen LogP contribution in [0.2, 0.25) is 0 Å². The number of rotatable bonds is 6. The van der Waals surface area contributed by atoms with Crippen LogP contribution in [-0.4, -0.2) is 18.7 Å². The first-order valence-corrected chi connectivity index (χ1v) is 16.9. The Hall–Kier alpha value is -5.40. The number of nitriles is 1. The first-order valence-electron chi connectivity index (χ1n) is 14.7. The van der Waals surface area contributed by atoms with Crippen molar-refractivity contribution in [1.82, 2.24) is 0 Å². The standard InChI is InChI=1S/C24BF20.C10H12NS/c26-5-1(6(27)14(35)21(42)13(5)34)25(2-7(28)15(36)22(43)16(37)8(2)29,3-9(30)17(38)23(44)18(39)10(3)31)4-11(32)19(40)24(45)20(41)12(4)33;1-12(2)8-10-6-4-3-5-9(10)7-11/h;3-6H,8H2,1-2H3/q-1;+1. The Bertz CT molecular complexity index is 2120. The van der Waals surface area contributed by atoms with Gasteiger partial charge >= 0.3 is 0 Å². The van der Waals surface area contributed by atoms with Gasteiger partial charge in [-0.1, -0.05) is 18.2 Å². The fourth-order valence-electron chi connectivity index (χ4n) is 5.94. The van der Waals surface area contributed by atoms with Crippen LogP contribution in [-0.2, 0) is 16.6 Å². The van der Waals surface area contributed by atoms with Crippen molar-refractivity contribution in [2.75, 3.05) is 12.5 Å². The van der Waals surface area contributed by atoms with Gasteiger partial charge in [-0.25, -0.2) is 87.8 Å². The average molecular weight is 857 g/mol. The summed E-state index contributed by atoms with van der Waals surface area (Å²) in [7, 11) is 0.370. The normalized spacial score (nSPS) is 11.5. The van der Waals surface area contributed by atoms with E-state index in [-0.39, 0.29) is 0 Å². The molecular formula is C34H12BF20NS. The third-order valence-corrected chi connectivity index (χ3v) is 9.18. The minimum atomic E-state index is -7.22. The van der Waals surface area contributed by atoms with Crippen molar-refractivity contribution in [3.63, 3.8) is 0 Å². The van der Waals surface area contributed by atoms with Crippen molar-refractivity contribution in [1.29, 1.82) is 5.26 Å². The van der Waals surface area contributed by atoms with Gasteiger partial charge < -0.3 is 0 Å². The first kappa shape index (κ1) is 44.3. The molecule has 0 aliphatic rings. The lowest BCUT2D eigenvalue weighted by molar-refractivity contribution is 0.378. The van der Waals surface area contributed by atoms with E-state index >= 15 is 35.1 Å². The topological polar surface area (TPSA) is 23.8 Å². The molecule has 0 unspecified atom stereocenters. The van der Waals surface area contributed by atoms with Crippen LogP contribution >= 0.6 is 0 Å². The Balaban J connectivity index is 0.000000512. The molecule has 5 aromatic rings. The Kier molecular flexibility index (Phi) is 12.6. The van der Waals surface area contributed by atoms with E-state index in [4.69, 9.17) is 5.26 Å². The molecule has 0 bridgehead atoms. The predicted octanol–water partition coefficient (Wildman–Crippen LogP) is 7.78. The Morgan fingerprint density at radius 2 is 0.596 bits per heavy atom. The van der Waals surface area contributed by atoms with Crippen LogP contribution in [0.4, 0.5) is 87.8 Å². The molecule has 0 saturated heterocycles. The van der Waals surface area contributed by atoms with E-state index in [2.05, 4.69) is 18.6 Å². The molecule has 0 aromatic heterocycles. The van der Waals surface area contributed by atoms with Crippen LogP contribution in [0.5, 0.6) is 0 Å². The van der Waals surface area contributed by atoms with Crippen LogP contribution < -0.4 is 21.9 Å². The van der Waals surface area contributed by atoms with Crippen molar-refractivity contribution in [3.8, 4) is 6.07 Å². The summed E-state index contributed by atoms with van der Waals surface area (Å²) >= 11 is 0. The summed E-state index contributed by atoms with van der Waals surface area (Å²) < 4.78 is 294. The van der Waals surface area contributed by atoms with E-state index in [1.165, 1.54) is 5.56 Å². The second-order valence-electron chi connectivity index (χ2n) is 11.7. The monoisotopic (exact) mass is 857 g/mol. The third kappa shape index (κ3) is 6.90. The van der Waals surface area contributed by atoms with Gasteiger partial charge in [-0.2, -0.15) is 5.26 Å². The molecule has 302 valence electrons. The minimum absolute atomic E-state index is 0.370. The Morgan fingerprint density at radius 3 is 0.807 bits per heavy atom. The second kappa shape index (κ2) is 16.2. The molecule has 23 heteroatoms. The molecule has 5 aromatic carbocycles. The molecule has 0 saturated carbocycles. The fraction of sp³-hybridized carbons (Fsp3) is 0.0882. The van der Waals surface area contributed by atoms with Crippen LogP contribution in [0, 0.1) is 128 Å². The third-order valence-electron chi connectivity index (χ3n) is 8.29. The van der Waals surface area contributed by atoms with Gasteiger partial charge in [0.05, 0.1) is 24.1 Å². The molecule has 0 N–H and O–H groups in total. The lowest BCUT2D eigenvalue weighted by Gasteiger charge is -2.44. The van der Waals surface area contributed by atoms with Crippen molar-refractivity contribution in [3.05, 3.63) is 152 Å². The van der Waals surface area contributed by atoms with Gasteiger partial charge in [0.1, 0.15) is 58.4 Å². The van der Waals surface area contributed by atoms with Crippen molar-refractivity contribution < 1.29 is 87.8 Å². The zero-order valence-corrected chi connectivity index (χ0v) is 28.3. The summed E-state index contributed by atoms with van der Waals surface area (Å²) in [4.78, 5) is 0. The molecule has 57 heavy (non-hydrogen) atoms. The van der Waals surface area contributed by atoms with Gasteiger partial charge in [-0.3, -0.25) is 0 Å². The highest BCUT2D eigenvalue weighted by Gasteiger charge is 2.52. The molecule has 1 nitrogen and oxygen atoms in total. The Morgan fingerprint density at radius 1 is 0.386 bits per heavy atom. The van der Waals surface area contributed by atoms with E-state index in [0.717, 1.165) is 11.3 Å². The maximum atomic E-state index is 15.4. The quantitative estimate of drug-likeness (QED) is 0.0564. The number of hydrogen-bond donors (Lipinski definition) is 0. The average Bonchev–Trinajstić information content (AvgIpc) is 3.18. The number of benzene rings is 5. The van der Waals surface area contributed by atoms with Crippen LogP contribution in [0.25, 0.3) is 0 Å². The van der Waals surface area contributed by atoms with Gasteiger partial charge in [0.25, 0.3) is 0 Å². The summed E-state index contributed by atoms with van der Waals surface area (Å²) in [5.74, 6) is -70.4. The van der Waals surface area contributed by atoms with E-state index in [1.54, 1.807) is 0 Å². The van der Waals surface area contributed by atoms with Gasteiger partial charge in [-0.15, -0.1) is 21.9 Å². The number of hydrogen-bond acceptors (Lipinski definition) is 1. The highest BCUT2D eigenvalue weighted by Crippen LogP contribution is 2.30. The summed E-state index contributed by atoms with van der Waals surface area (Å²) in [6, 6.07) is 10.0. The molecule has 0 atom stereocenters. The summed E-state index contributed by atoms with van der Waals surface area (Å²) in [5, 5.41) is 8.78. The van der Waals surface area contributed by atoms with Gasteiger partial charge in [-0.05, 0) is 17.0 Å². The molecular weight excluding hydrogens is 845 g/mol. The highest BCUT2D eigenvalue weighted by molar-refractivity contribution is 7.94.